The van der Waals surface area contributed by atoms with E-state index in [4.69, 9.17) is 18.0 Å². The minimum absolute atomic E-state index is 0.0291. The summed E-state index contributed by atoms with van der Waals surface area (Å²) in [7, 11) is -3.81. The Morgan fingerprint density at radius 1 is 1.25 bits per heavy atom. The lowest BCUT2D eigenvalue weighted by Gasteiger charge is -2.30. The zero-order valence-electron chi connectivity index (χ0n) is 10.6. The maximum Gasteiger partial charge on any atom is 0.243 e. The summed E-state index contributed by atoms with van der Waals surface area (Å²) < 4.78 is 51.9. The summed E-state index contributed by atoms with van der Waals surface area (Å²) in [6.45, 7) is 0.534. The first-order valence-corrected chi connectivity index (χ1v) is 7.91. The van der Waals surface area contributed by atoms with E-state index in [2.05, 4.69) is 0 Å². The molecule has 0 saturated carbocycles. The summed E-state index contributed by atoms with van der Waals surface area (Å²) in [6.07, 6.45) is 1.08. The highest BCUT2D eigenvalue weighted by Crippen LogP contribution is 2.24. The molecule has 8 heteroatoms. The summed E-state index contributed by atoms with van der Waals surface area (Å²) in [4.78, 5) is 0.139. The van der Waals surface area contributed by atoms with E-state index in [1.807, 2.05) is 0 Å². The van der Waals surface area contributed by atoms with Crippen molar-refractivity contribution in [3.05, 3.63) is 29.8 Å². The van der Waals surface area contributed by atoms with Crippen LogP contribution in [0.2, 0.25) is 0 Å². The van der Waals surface area contributed by atoms with Gasteiger partial charge in [-0.2, -0.15) is 4.31 Å². The van der Waals surface area contributed by atoms with Crippen molar-refractivity contribution < 1.29 is 17.2 Å². The zero-order valence-corrected chi connectivity index (χ0v) is 12.2. The second-order valence-electron chi connectivity index (χ2n) is 4.66. The van der Waals surface area contributed by atoms with Crippen LogP contribution >= 0.6 is 12.2 Å². The van der Waals surface area contributed by atoms with E-state index in [1.165, 1.54) is 4.31 Å². The van der Waals surface area contributed by atoms with E-state index in [0.717, 1.165) is 12.1 Å². The molecule has 0 spiro atoms. The molecular weight excluding hydrogens is 306 g/mol. The van der Waals surface area contributed by atoms with Crippen LogP contribution in [0.1, 0.15) is 12.8 Å². The summed E-state index contributed by atoms with van der Waals surface area (Å²) in [5.41, 5.74) is 5.54. The van der Waals surface area contributed by atoms with Crippen molar-refractivity contribution in [1.82, 2.24) is 4.31 Å². The predicted molar refractivity (Wildman–Crippen MR) is 74.6 cm³/mol. The maximum atomic E-state index is 13.2. The van der Waals surface area contributed by atoms with E-state index >= 15 is 0 Å². The minimum Gasteiger partial charge on any atom is -0.393 e. The molecule has 1 aliphatic heterocycles. The standard InChI is InChI=1S/C12H14F2N2O2S2/c13-10-2-1-9(7-11(10)14)20(17,18)16-5-3-8(4-6-16)12(15)19/h1-2,7-8H,3-6H2,(H2,15,19). The molecule has 110 valence electrons. The molecule has 0 unspecified atom stereocenters. The molecule has 1 saturated heterocycles. The van der Waals surface area contributed by atoms with Crippen molar-refractivity contribution in [2.75, 3.05) is 13.1 Å². The first kappa shape index (κ1) is 15.3. The smallest absolute Gasteiger partial charge is 0.243 e. The lowest BCUT2D eigenvalue weighted by Crippen LogP contribution is -2.41. The van der Waals surface area contributed by atoms with Crippen LogP contribution in [0.15, 0.2) is 23.1 Å². The Bertz CT molecular complexity index is 626. The number of sulfonamides is 1. The molecule has 20 heavy (non-hydrogen) atoms. The van der Waals surface area contributed by atoms with Gasteiger partial charge in [0, 0.05) is 19.0 Å². The van der Waals surface area contributed by atoms with E-state index < -0.39 is 21.7 Å². The Hall–Kier alpha value is -1.12. The summed E-state index contributed by atoms with van der Waals surface area (Å²) in [6, 6.07) is 2.57. The third kappa shape index (κ3) is 2.97. The quantitative estimate of drug-likeness (QED) is 0.860. The van der Waals surface area contributed by atoms with Crippen LogP contribution in [0.25, 0.3) is 0 Å². The Morgan fingerprint density at radius 2 is 1.85 bits per heavy atom. The van der Waals surface area contributed by atoms with Crippen LogP contribution in [0.4, 0.5) is 8.78 Å². The number of rotatable bonds is 3. The predicted octanol–water partition coefficient (Wildman–Crippen LogP) is 1.65. The Morgan fingerprint density at radius 3 is 2.35 bits per heavy atom. The molecule has 4 nitrogen and oxygen atoms in total. The van der Waals surface area contributed by atoms with Gasteiger partial charge >= 0.3 is 0 Å². The van der Waals surface area contributed by atoms with Crippen LogP contribution in [-0.2, 0) is 10.0 Å². The molecule has 1 heterocycles. The topological polar surface area (TPSA) is 63.4 Å². The van der Waals surface area contributed by atoms with Gasteiger partial charge in [-0.3, -0.25) is 0 Å². The third-order valence-corrected chi connectivity index (χ3v) is 5.61. The fraction of sp³-hybridized carbons (Fsp3) is 0.417. The molecule has 0 atom stereocenters. The molecule has 0 bridgehead atoms. The van der Waals surface area contributed by atoms with E-state index in [-0.39, 0.29) is 23.9 Å². The second-order valence-corrected chi connectivity index (χ2v) is 7.07. The molecule has 0 amide bonds. The zero-order chi connectivity index (χ0) is 14.9. The normalized spacial score (nSPS) is 18.1. The summed E-state index contributed by atoms with van der Waals surface area (Å²) >= 11 is 4.89. The molecule has 1 aromatic carbocycles. The van der Waals surface area contributed by atoms with E-state index in [1.54, 1.807) is 0 Å². The van der Waals surface area contributed by atoms with Crippen molar-refractivity contribution in [3.63, 3.8) is 0 Å². The lowest BCUT2D eigenvalue weighted by molar-refractivity contribution is 0.316. The monoisotopic (exact) mass is 320 g/mol. The Labute approximate surface area is 121 Å². The average Bonchev–Trinajstić information content (AvgIpc) is 2.41. The second kappa shape index (κ2) is 5.71. The fourth-order valence-electron chi connectivity index (χ4n) is 2.17. The third-order valence-electron chi connectivity index (χ3n) is 3.39. The van der Waals surface area contributed by atoms with Gasteiger partial charge in [0.25, 0.3) is 0 Å². The van der Waals surface area contributed by atoms with Crippen molar-refractivity contribution >= 4 is 27.2 Å². The van der Waals surface area contributed by atoms with Crippen LogP contribution in [0.5, 0.6) is 0 Å². The Kier molecular flexibility index (Phi) is 4.36. The molecule has 0 aromatic heterocycles. The summed E-state index contributed by atoms with van der Waals surface area (Å²) in [5.74, 6) is -2.22. The minimum atomic E-state index is -3.81. The number of piperidine rings is 1. The molecule has 0 aliphatic carbocycles. The largest absolute Gasteiger partial charge is 0.393 e. The maximum absolute atomic E-state index is 13.2. The number of halogens is 2. The van der Waals surface area contributed by atoms with Gasteiger partial charge in [-0.05, 0) is 31.0 Å². The first-order chi connectivity index (χ1) is 9.32. The fourth-order valence-corrected chi connectivity index (χ4v) is 3.88. The number of nitrogens with zero attached hydrogens (tertiary/aromatic N) is 1. The number of hydrogen-bond donors (Lipinski definition) is 1. The van der Waals surface area contributed by atoms with E-state index in [9.17, 15) is 17.2 Å². The van der Waals surface area contributed by atoms with Gasteiger partial charge in [0.15, 0.2) is 11.6 Å². The average molecular weight is 320 g/mol. The first-order valence-electron chi connectivity index (χ1n) is 6.07. The van der Waals surface area contributed by atoms with Gasteiger partial charge in [0.05, 0.1) is 9.88 Å². The SMILES string of the molecule is NC(=S)C1CCN(S(=O)(=O)c2ccc(F)c(F)c2)CC1. The number of nitrogens with two attached hydrogens (primary N) is 1. The van der Waals surface area contributed by atoms with Crippen LogP contribution in [0, 0.1) is 17.6 Å². The lowest BCUT2D eigenvalue weighted by atomic mass is 9.98. The highest BCUT2D eigenvalue weighted by molar-refractivity contribution is 7.89. The molecule has 2 rings (SSSR count). The van der Waals surface area contributed by atoms with Gasteiger partial charge in [-0.1, -0.05) is 12.2 Å². The Balaban J connectivity index is 2.19. The summed E-state index contributed by atoms with van der Waals surface area (Å²) in [5, 5.41) is 0. The van der Waals surface area contributed by atoms with Gasteiger partial charge in [0.1, 0.15) is 0 Å². The van der Waals surface area contributed by atoms with Gasteiger partial charge in [-0.15, -0.1) is 0 Å². The van der Waals surface area contributed by atoms with Crippen molar-refractivity contribution in [2.24, 2.45) is 11.7 Å². The molecule has 2 N–H and O–H groups in total. The van der Waals surface area contributed by atoms with Crippen molar-refractivity contribution in [2.45, 2.75) is 17.7 Å². The molecule has 0 radical (unpaired) electrons. The van der Waals surface area contributed by atoms with Gasteiger partial charge < -0.3 is 5.73 Å². The van der Waals surface area contributed by atoms with Crippen LogP contribution < -0.4 is 5.73 Å². The number of thiocarbonyl (C=S) groups is 1. The number of benzene rings is 1. The van der Waals surface area contributed by atoms with E-state index in [0.29, 0.717) is 23.9 Å². The van der Waals surface area contributed by atoms with Crippen LogP contribution in [0.3, 0.4) is 0 Å². The molecule has 1 aliphatic rings. The highest BCUT2D eigenvalue weighted by atomic mass is 32.2. The molecule has 1 aromatic rings. The van der Waals surface area contributed by atoms with Gasteiger partial charge in [-0.25, -0.2) is 17.2 Å². The van der Waals surface area contributed by atoms with Crippen molar-refractivity contribution in [3.8, 4) is 0 Å². The number of hydrogen-bond acceptors (Lipinski definition) is 3. The highest BCUT2D eigenvalue weighted by Gasteiger charge is 2.30. The van der Waals surface area contributed by atoms with Crippen LogP contribution in [-0.4, -0.2) is 30.8 Å². The van der Waals surface area contributed by atoms with Gasteiger partial charge in [0.2, 0.25) is 10.0 Å². The molecular formula is C12H14F2N2O2S2. The molecule has 1 fully saturated rings. The van der Waals surface area contributed by atoms with Crippen molar-refractivity contribution in [1.29, 1.82) is 0 Å².